The Kier molecular flexibility index (Phi) is 5.66. The lowest BCUT2D eigenvalue weighted by atomic mass is 10.1. The summed E-state index contributed by atoms with van der Waals surface area (Å²) in [6.45, 7) is 7.71. The van der Waals surface area contributed by atoms with Crippen molar-refractivity contribution < 1.29 is 19.1 Å². The zero-order valence-corrected chi connectivity index (χ0v) is 15.1. The maximum absolute atomic E-state index is 12.5. The molecule has 0 unspecified atom stereocenters. The highest BCUT2D eigenvalue weighted by molar-refractivity contribution is 6.01. The van der Waals surface area contributed by atoms with Crippen molar-refractivity contribution >= 4 is 23.6 Å². The van der Waals surface area contributed by atoms with Crippen molar-refractivity contribution in [1.29, 1.82) is 0 Å². The fourth-order valence-corrected chi connectivity index (χ4v) is 2.53. The third-order valence-corrected chi connectivity index (χ3v) is 3.65. The minimum atomic E-state index is -0.707. The number of benzene rings is 1. The first-order valence-electron chi connectivity index (χ1n) is 8.41. The highest BCUT2D eigenvalue weighted by atomic mass is 16.6. The number of alkyl carbamates (subject to hydrolysis) is 1. The van der Waals surface area contributed by atoms with E-state index in [-0.39, 0.29) is 11.8 Å². The van der Waals surface area contributed by atoms with Crippen LogP contribution in [0, 0.1) is 0 Å². The fraction of sp³-hybridized carbons (Fsp3) is 0.500. The van der Waals surface area contributed by atoms with Crippen LogP contribution in [0.25, 0.3) is 0 Å². The van der Waals surface area contributed by atoms with Gasteiger partial charge in [-0.05, 0) is 44.9 Å². The average molecular weight is 347 g/mol. The van der Waals surface area contributed by atoms with E-state index >= 15 is 0 Å². The van der Waals surface area contributed by atoms with Crippen LogP contribution >= 0.6 is 0 Å². The molecule has 3 N–H and O–H groups in total. The third-order valence-electron chi connectivity index (χ3n) is 3.65. The number of ether oxygens (including phenoxy) is 1. The summed E-state index contributed by atoms with van der Waals surface area (Å²) in [5.41, 5.74) is 1.35. The fourth-order valence-electron chi connectivity index (χ4n) is 2.53. The van der Waals surface area contributed by atoms with Crippen LogP contribution in [0.3, 0.4) is 0 Å². The highest BCUT2D eigenvalue weighted by Gasteiger charge is 2.25. The molecule has 1 aromatic carbocycles. The van der Waals surface area contributed by atoms with Gasteiger partial charge < -0.3 is 20.7 Å². The predicted octanol–water partition coefficient (Wildman–Crippen LogP) is 2.56. The Bertz CT molecular complexity index is 679. The molecule has 0 aliphatic carbocycles. The largest absolute Gasteiger partial charge is 0.444 e. The van der Waals surface area contributed by atoms with Crippen molar-refractivity contribution in [3.63, 3.8) is 0 Å². The number of amides is 3. The van der Waals surface area contributed by atoms with Gasteiger partial charge in [-0.2, -0.15) is 0 Å². The summed E-state index contributed by atoms with van der Waals surface area (Å²) >= 11 is 0. The van der Waals surface area contributed by atoms with Crippen molar-refractivity contribution in [3.05, 3.63) is 29.3 Å². The molecule has 7 heteroatoms. The molecule has 0 spiro atoms. The Hall–Kier alpha value is -2.57. The summed E-state index contributed by atoms with van der Waals surface area (Å²) in [5.74, 6) is -0.492. The van der Waals surface area contributed by atoms with Crippen LogP contribution in [0.4, 0.5) is 10.5 Å². The van der Waals surface area contributed by atoms with E-state index in [4.69, 9.17) is 4.74 Å². The lowest BCUT2D eigenvalue weighted by Gasteiger charge is -2.23. The van der Waals surface area contributed by atoms with E-state index in [0.717, 1.165) is 12.0 Å². The van der Waals surface area contributed by atoms with E-state index in [0.29, 0.717) is 24.2 Å². The summed E-state index contributed by atoms with van der Waals surface area (Å²) < 4.78 is 5.21. The van der Waals surface area contributed by atoms with E-state index in [2.05, 4.69) is 16.0 Å². The second-order valence-electron chi connectivity index (χ2n) is 7.03. The molecule has 7 nitrogen and oxygen atoms in total. The van der Waals surface area contributed by atoms with Gasteiger partial charge in [-0.3, -0.25) is 9.59 Å². The standard InChI is InChI=1S/C18H25N3O4/c1-5-6-14(21-17(24)25-18(2,3)4)16(23)20-12-8-7-11-10-19-15(22)13(11)9-12/h7-9,14H,5-6,10H2,1-4H3,(H,19,22)(H,20,23)(H,21,24)/t14-/m1/s1. The number of anilines is 1. The Morgan fingerprint density at radius 3 is 2.68 bits per heavy atom. The van der Waals surface area contributed by atoms with Gasteiger partial charge in [0.2, 0.25) is 5.91 Å². The number of hydrogen-bond acceptors (Lipinski definition) is 4. The summed E-state index contributed by atoms with van der Waals surface area (Å²) in [7, 11) is 0. The minimum absolute atomic E-state index is 0.150. The van der Waals surface area contributed by atoms with E-state index in [9.17, 15) is 14.4 Å². The Balaban J connectivity index is 2.04. The smallest absolute Gasteiger partial charge is 0.408 e. The van der Waals surface area contributed by atoms with Gasteiger partial charge >= 0.3 is 6.09 Å². The number of rotatable bonds is 5. The van der Waals surface area contributed by atoms with Gasteiger partial charge in [0.25, 0.3) is 5.91 Å². The SMILES string of the molecule is CCC[C@@H](NC(=O)OC(C)(C)C)C(=O)Nc1ccc2c(c1)C(=O)NC2. The van der Waals surface area contributed by atoms with Crippen molar-refractivity contribution in [2.75, 3.05) is 5.32 Å². The highest BCUT2D eigenvalue weighted by Crippen LogP contribution is 2.20. The quantitative estimate of drug-likeness (QED) is 0.762. The molecule has 1 aromatic rings. The van der Waals surface area contributed by atoms with Gasteiger partial charge in [-0.25, -0.2) is 4.79 Å². The van der Waals surface area contributed by atoms with Crippen LogP contribution in [0.1, 0.15) is 56.5 Å². The van der Waals surface area contributed by atoms with Crippen LogP contribution in [0.15, 0.2) is 18.2 Å². The molecular weight excluding hydrogens is 322 g/mol. The first-order chi connectivity index (χ1) is 11.7. The maximum atomic E-state index is 12.5. The summed E-state index contributed by atoms with van der Waals surface area (Å²) in [6, 6.07) is 4.49. The first kappa shape index (κ1) is 18.8. The van der Waals surface area contributed by atoms with Gasteiger partial charge in [0, 0.05) is 17.8 Å². The molecular formula is C18H25N3O4. The Morgan fingerprint density at radius 2 is 2.04 bits per heavy atom. The maximum Gasteiger partial charge on any atom is 0.408 e. The van der Waals surface area contributed by atoms with Crippen LogP contribution < -0.4 is 16.0 Å². The molecule has 2 rings (SSSR count). The monoisotopic (exact) mass is 347 g/mol. The zero-order valence-electron chi connectivity index (χ0n) is 15.1. The van der Waals surface area contributed by atoms with Gasteiger partial charge in [-0.15, -0.1) is 0 Å². The number of nitrogens with one attached hydrogen (secondary N) is 3. The van der Waals surface area contributed by atoms with Gasteiger partial charge in [0.05, 0.1) is 0 Å². The molecule has 3 amide bonds. The third kappa shape index (κ3) is 5.20. The summed E-state index contributed by atoms with van der Waals surface area (Å²) in [5, 5.41) is 8.09. The van der Waals surface area contributed by atoms with Crippen LogP contribution in [-0.4, -0.2) is 29.6 Å². The molecule has 0 radical (unpaired) electrons. The minimum Gasteiger partial charge on any atom is -0.444 e. The molecule has 0 bridgehead atoms. The van der Waals surface area contributed by atoms with E-state index in [1.165, 1.54) is 0 Å². The normalized spacial score (nSPS) is 14.3. The predicted molar refractivity (Wildman–Crippen MR) is 94.3 cm³/mol. The summed E-state index contributed by atoms with van der Waals surface area (Å²) in [6.07, 6.45) is 0.575. The molecule has 0 fully saturated rings. The Morgan fingerprint density at radius 1 is 1.32 bits per heavy atom. The second kappa shape index (κ2) is 7.55. The first-order valence-corrected chi connectivity index (χ1v) is 8.41. The molecule has 0 saturated carbocycles. The molecule has 1 heterocycles. The van der Waals surface area contributed by atoms with E-state index in [1.807, 2.05) is 6.92 Å². The Labute approximate surface area is 147 Å². The molecule has 1 aliphatic rings. The molecule has 1 aliphatic heterocycles. The van der Waals surface area contributed by atoms with Crippen LogP contribution in [-0.2, 0) is 16.1 Å². The van der Waals surface area contributed by atoms with Crippen molar-refractivity contribution in [1.82, 2.24) is 10.6 Å². The van der Waals surface area contributed by atoms with Crippen molar-refractivity contribution in [3.8, 4) is 0 Å². The lowest BCUT2D eigenvalue weighted by Crippen LogP contribution is -2.45. The molecule has 25 heavy (non-hydrogen) atoms. The molecule has 0 saturated heterocycles. The van der Waals surface area contributed by atoms with Gasteiger partial charge in [-0.1, -0.05) is 19.4 Å². The average Bonchev–Trinajstić information content (AvgIpc) is 2.86. The van der Waals surface area contributed by atoms with Crippen LogP contribution in [0.2, 0.25) is 0 Å². The van der Waals surface area contributed by atoms with E-state index in [1.54, 1.807) is 39.0 Å². The van der Waals surface area contributed by atoms with Crippen molar-refractivity contribution in [2.24, 2.45) is 0 Å². The van der Waals surface area contributed by atoms with E-state index < -0.39 is 17.7 Å². The topological polar surface area (TPSA) is 96.5 Å². The number of carbonyl (C=O) groups excluding carboxylic acids is 3. The summed E-state index contributed by atoms with van der Waals surface area (Å²) in [4.78, 5) is 36.2. The second-order valence-corrected chi connectivity index (χ2v) is 7.03. The van der Waals surface area contributed by atoms with Gasteiger partial charge in [0.1, 0.15) is 11.6 Å². The van der Waals surface area contributed by atoms with Crippen LogP contribution in [0.5, 0.6) is 0 Å². The number of fused-ring (bicyclic) bond motifs is 1. The lowest BCUT2D eigenvalue weighted by molar-refractivity contribution is -0.118. The number of hydrogen-bond donors (Lipinski definition) is 3. The zero-order chi connectivity index (χ0) is 18.6. The number of carbonyl (C=O) groups is 3. The molecule has 1 atom stereocenters. The molecule has 136 valence electrons. The van der Waals surface area contributed by atoms with Crippen molar-refractivity contribution in [2.45, 2.75) is 58.7 Å². The molecule has 0 aromatic heterocycles. The van der Waals surface area contributed by atoms with Gasteiger partial charge in [0.15, 0.2) is 0 Å².